The number of carbonyl (C=O) groups excluding carboxylic acids is 2. The Morgan fingerprint density at radius 1 is 1.47 bits per heavy atom. The van der Waals surface area contributed by atoms with Gasteiger partial charge in [-0.25, -0.2) is 0 Å². The minimum atomic E-state index is -0.405. The number of ether oxygens (including phenoxy) is 1. The minimum Gasteiger partial charge on any atom is -0.468 e. The lowest BCUT2D eigenvalue weighted by atomic mass is 10.2. The fourth-order valence-electron chi connectivity index (χ4n) is 1.12. The van der Waals surface area contributed by atoms with Gasteiger partial charge < -0.3 is 9.64 Å². The molecular weight excluding hydrogens is 194 g/mol. The minimum absolute atomic E-state index is 0.00768. The van der Waals surface area contributed by atoms with Crippen molar-refractivity contribution in [3.05, 3.63) is 0 Å². The fourth-order valence-corrected chi connectivity index (χ4v) is 1.12. The SMILES string of the molecule is C#CCCC(=O)N(CCC)CC(=O)OC. The first-order valence-electron chi connectivity index (χ1n) is 4.93. The highest BCUT2D eigenvalue weighted by Crippen LogP contribution is 1.99. The van der Waals surface area contributed by atoms with E-state index in [-0.39, 0.29) is 18.9 Å². The highest BCUT2D eigenvalue weighted by atomic mass is 16.5. The first kappa shape index (κ1) is 13.5. The largest absolute Gasteiger partial charge is 0.468 e. The molecule has 0 saturated carbocycles. The van der Waals surface area contributed by atoms with Gasteiger partial charge in [-0.2, -0.15) is 0 Å². The Morgan fingerprint density at radius 2 is 2.13 bits per heavy atom. The second kappa shape index (κ2) is 7.86. The molecule has 4 nitrogen and oxygen atoms in total. The summed E-state index contributed by atoms with van der Waals surface area (Å²) in [6.45, 7) is 2.50. The third-order valence-electron chi connectivity index (χ3n) is 1.88. The van der Waals surface area contributed by atoms with E-state index in [0.29, 0.717) is 13.0 Å². The number of terminal acetylenes is 1. The quantitative estimate of drug-likeness (QED) is 0.482. The van der Waals surface area contributed by atoms with Gasteiger partial charge >= 0.3 is 5.97 Å². The van der Waals surface area contributed by atoms with Crippen LogP contribution in [0.2, 0.25) is 0 Å². The molecule has 0 N–H and O–H groups in total. The molecule has 0 radical (unpaired) electrons. The van der Waals surface area contributed by atoms with E-state index >= 15 is 0 Å². The van der Waals surface area contributed by atoms with E-state index < -0.39 is 5.97 Å². The number of hydrogen-bond acceptors (Lipinski definition) is 3. The third-order valence-corrected chi connectivity index (χ3v) is 1.88. The summed E-state index contributed by atoms with van der Waals surface area (Å²) in [6, 6.07) is 0. The molecule has 0 aliphatic rings. The van der Waals surface area contributed by atoms with Gasteiger partial charge in [0.05, 0.1) is 7.11 Å². The second-order valence-corrected chi connectivity index (χ2v) is 3.10. The summed E-state index contributed by atoms with van der Waals surface area (Å²) >= 11 is 0. The highest BCUT2D eigenvalue weighted by molar-refractivity contribution is 5.82. The van der Waals surface area contributed by atoms with Crippen LogP contribution < -0.4 is 0 Å². The molecule has 0 aromatic rings. The third kappa shape index (κ3) is 5.74. The molecule has 0 aromatic carbocycles. The summed E-state index contributed by atoms with van der Waals surface area (Å²) < 4.78 is 4.51. The molecule has 0 spiro atoms. The van der Waals surface area contributed by atoms with Gasteiger partial charge in [0, 0.05) is 19.4 Å². The number of esters is 1. The molecule has 84 valence electrons. The molecule has 1 amide bonds. The first-order valence-corrected chi connectivity index (χ1v) is 4.93. The predicted molar refractivity (Wildman–Crippen MR) is 57.0 cm³/mol. The first-order chi connectivity index (χ1) is 7.15. The lowest BCUT2D eigenvalue weighted by Gasteiger charge is -2.20. The van der Waals surface area contributed by atoms with E-state index in [1.54, 1.807) is 0 Å². The van der Waals surface area contributed by atoms with Crippen LogP contribution in [0.25, 0.3) is 0 Å². The summed E-state index contributed by atoms with van der Waals surface area (Å²) in [5.41, 5.74) is 0. The number of carbonyl (C=O) groups is 2. The molecule has 0 bridgehead atoms. The Hall–Kier alpha value is -1.50. The van der Waals surface area contributed by atoms with Gasteiger partial charge in [-0.05, 0) is 6.42 Å². The summed E-state index contributed by atoms with van der Waals surface area (Å²) in [6.07, 6.45) is 6.56. The Balaban J connectivity index is 4.19. The van der Waals surface area contributed by atoms with Crippen LogP contribution in [0.15, 0.2) is 0 Å². The molecule has 0 aliphatic carbocycles. The topological polar surface area (TPSA) is 46.6 Å². The normalized spacial score (nSPS) is 9.13. The molecule has 0 atom stereocenters. The smallest absolute Gasteiger partial charge is 0.325 e. The van der Waals surface area contributed by atoms with Crippen molar-refractivity contribution in [3.8, 4) is 12.3 Å². The molecule has 15 heavy (non-hydrogen) atoms. The molecule has 0 fully saturated rings. The molecular formula is C11H17NO3. The number of nitrogens with zero attached hydrogens (tertiary/aromatic N) is 1. The number of amides is 1. The lowest BCUT2D eigenvalue weighted by molar-refractivity contribution is -0.147. The van der Waals surface area contributed by atoms with Crippen LogP contribution in [0.3, 0.4) is 0 Å². The van der Waals surface area contributed by atoms with E-state index in [1.165, 1.54) is 12.0 Å². The van der Waals surface area contributed by atoms with Crippen LogP contribution >= 0.6 is 0 Å². The molecule has 0 heterocycles. The van der Waals surface area contributed by atoms with Gasteiger partial charge in [-0.1, -0.05) is 6.92 Å². The van der Waals surface area contributed by atoms with Crippen LogP contribution in [0, 0.1) is 12.3 Å². The molecule has 0 unspecified atom stereocenters. The van der Waals surface area contributed by atoms with E-state index in [9.17, 15) is 9.59 Å². The Bertz CT molecular complexity index is 255. The van der Waals surface area contributed by atoms with Crippen molar-refractivity contribution < 1.29 is 14.3 Å². The summed E-state index contributed by atoms with van der Waals surface area (Å²) in [5.74, 6) is 1.90. The van der Waals surface area contributed by atoms with Gasteiger partial charge in [-0.3, -0.25) is 9.59 Å². The number of hydrogen-bond donors (Lipinski definition) is 0. The van der Waals surface area contributed by atoms with Crippen LogP contribution in [0.4, 0.5) is 0 Å². The standard InChI is InChI=1S/C11H17NO3/c1-4-6-7-10(13)12(8-5-2)9-11(14)15-3/h1H,5-9H2,2-3H3. The van der Waals surface area contributed by atoms with Crippen LogP contribution in [-0.2, 0) is 14.3 Å². The van der Waals surface area contributed by atoms with E-state index in [4.69, 9.17) is 6.42 Å². The maximum Gasteiger partial charge on any atom is 0.325 e. The van der Waals surface area contributed by atoms with Crippen molar-refractivity contribution >= 4 is 11.9 Å². The molecule has 4 heteroatoms. The van der Waals surface area contributed by atoms with Crippen molar-refractivity contribution in [2.75, 3.05) is 20.2 Å². The van der Waals surface area contributed by atoms with Gasteiger partial charge in [0.2, 0.25) is 5.91 Å². The average Bonchev–Trinajstić information content (AvgIpc) is 2.24. The molecule has 0 rings (SSSR count). The zero-order chi connectivity index (χ0) is 11.7. The summed E-state index contributed by atoms with van der Waals surface area (Å²) in [5, 5.41) is 0. The van der Waals surface area contributed by atoms with Crippen molar-refractivity contribution in [2.24, 2.45) is 0 Å². The second-order valence-electron chi connectivity index (χ2n) is 3.10. The monoisotopic (exact) mass is 211 g/mol. The zero-order valence-electron chi connectivity index (χ0n) is 9.28. The van der Waals surface area contributed by atoms with Crippen LogP contribution in [0.1, 0.15) is 26.2 Å². The summed E-state index contributed by atoms with van der Waals surface area (Å²) in [7, 11) is 1.30. The summed E-state index contributed by atoms with van der Waals surface area (Å²) in [4.78, 5) is 24.1. The average molecular weight is 211 g/mol. The van der Waals surface area contributed by atoms with Gasteiger partial charge in [0.1, 0.15) is 6.54 Å². The van der Waals surface area contributed by atoms with Crippen LogP contribution in [-0.4, -0.2) is 37.0 Å². The van der Waals surface area contributed by atoms with Gasteiger partial charge in [0.15, 0.2) is 0 Å². The van der Waals surface area contributed by atoms with E-state index in [0.717, 1.165) is 6.42 Å². The van der Waals surface area contributed by atoms with Crippen molar-refractivity contribution in [2.45, 2.75) is 26.2 Å². The Labute approximate surface area is 90.6 Å². The fraction of sp³-hybridized carbons (Fsp3) is 0.636. The Morgan fingerprint density at radius 3 is 2.60 bits per heavy atom. The Kier molecular flexibility index (Phi) is 7.08. The molecule has 0 aliphatic heterocycles. The lowest BCUT2D eigenvalue weighted by Crippen LogP contribution is -2.36. The van der Waals surface area contributed by atoms with Crippen molar-refractivity contribution in [1.29, 1.82) is 0 Å². The number of methoxy groups -OCH3 is 1. The van der Waals surface area contributed by atoms with E-state index in [1.807, 2.05) is 6.92 Å². The van der Waals surface area contributed by atoms with E-state index in [2.05, 4.69) is 10.7 Å². The molecule has 0 aromatic heterocycles. The van der Waals surface area contributed by atoms with Gasteiger partial charge in [0.25, 0.3) is 0 Å². The number of rotatable bonds is 6. The zero-order valence-corrected chi connectivity index (χ0v) is 9.28. The van der Waals surface area contributed by atoms with Crippen molar-refractivity contribution in [1.82, 2.24) is 4.90 Å². The highest BCUT2D eigenvalue weighted by Gasteiger charge is 2.15. The molecule has 0 saturated heterocycles. The maximum atomic E-state index is 11.6. The predicted octanol–water partition coefficient (Wildman–Crippen LogP) is 0.811. The van der Waals surface area contributed by atoms with Crippen molar-refractivity contribution in [3.63, 3.8) is 0 Å². The van der Waals surface area contributed by atoms with Gasteiger partial charge in [-0.15, -0.1) is 12.3 Å². The maximum absolute atomic E-state index is 11.6. The van der Waals surface area contributed by atoms with Crippen LogP contribution in [0.5, 0.6) is 0 Å².